The topological polar surface area (TPSA) is 88.7 Å². The highest BCUT2D eigenvalue weighted by atomic mass is 35.5. The molecule has 0 unspecified atom stereocenters. The minimum Gasteiger partial charge on any atom is -0.496 e. The molecule has 1 atom stereocenters. The van der Waals surface area contributed by atoms with E-state index in [4.69, 9.17) is 21.1 Å². The van der Waals surface area contributed by atoms with Gasteiger partial charge >= 0.3 is 0 Å². The molecule has 148 valence electrons. The van der Waals surface area contributed by atoms with E-state index in [1.54, 1.807) is 38.3 Å². The normalized spacial score (nSPS) is 17.8. The Labute approximate surface area is 168 Å². The molecule has 28 heavy (non-hydrogen) atoms. The number of nitrogens with one attached hydrogen (secondary N) is 3. The molecule has 1 aliphatic heterocycles. The third-order valence-corrected chi connectivity index (χ3v) is 4.85. The summed E-state index contributed by atoms with van der Waals surface area (Å²) in [6, 6.07) is 12.5. The number of carbonyl (C=O) groups is 2. The molecule has 2 aromatic carbocycles. The number of hydrogen-bond acceptors (Lipinski definition) is 5. The van der Waals surface area contributed by atoms with Crippen molar-refractivity contribution in [1.29, 1.82) is 0 Å². The standard InChI is InChI=1S/C20H22ClN3O4/c1-3-18(25)22-11-28-12-23-20(14-6-4-5-7-17(14)27-2)15-10-13(21)8-9-16(15)24-19(20)26/h4-10,23H,3,11-12H2,1-2H3,(H,22,25)(H,24,26)/t20-/m1/s1. The lowest BCUT2D eigenvalue weighted by Gasteiger charge is -2.30. The zero-order valence-electron chi connectivity index (χ0n) is 15.7. The summed E-state index contributed by atoms with van der Waals surface area (Å²) in [5.41, 5.74) is 0.724. The van der Waals surface area contributed by atoms with Crippen LogP contribution in [0.5, 0.6) is 5.75 Å². The van der Waals surface area contributed by atoms with Gasteiger partial charge in [0.15, 0.2) is 5.54 Å². The van der Waals surface area contributed by atoms with Crippen LogP contribution in [0.15, 0.2) is 42.5 Å². The SMILES string of the molecule is CCC(=O)NCOCN[C@@]1(c2ccccc2OC)C(=O)Nc2ccc(Cl)cc21. The van der Waals surface area contributed by atoms with E-state index in [0.717, 1.165) is 0 Å². The molecule has 0 saturated carbocycles. The van der Waals surface area contributed by atoms with Crippen molar-refractivity contribution in [3.8, 4) is 5.75 Å². The van der Waals surface area contributed by atoms with Gasteiger partial charge in [0.1, 0.15) is 19.2 Å². The first-order chi connectivity index (χ1) is 13.5. The first-order valence-electron chi connectivity index (χ1n) is 8.87. The van der Waals surface area contributed by atoms with E-state index in [0.29, 0.717) is 34.0 Å². The Morgan fingerprint density at radius 2 is 1.96 bits per heavy atom. The van der Waals surface area contributed by atoms with Crippen molar-refractivity contribution in [3.05, 3.63) is 58.6 Å². The van der Waals surface area contributed by atoms with Crippen LogP contribution in [0, 0.1) is 0 Å². The van der Waals surface area contributed by atoms with Gasteiger partial charge in [-0.2, -0.15) is 0 Å². The first kappa shape index (κ1) is 20.1. The molecule has 0 radical (unpaired) electrons. The second-order valence-electron chi connectivity index (χ2n) is 6.22. The molecule has 8 heteroatoms. The van der Waals surface area contributed by atoms with E-state index >= 15 is 0 Å². The minimum absolute atomic E-state index is 0.0153. The number of halogens is 1. The molecule has 1 aliphatic rings. The fraction of sp³-hybridized carbons (Fsp3) is 0.300. The largest absolute Gasteiger partial charge is 0.496 e. The van der Waals surface area contributed by atoms with E-state index in [2.05, 4.69) is 16.0 Å². The van der Waals surface area contributed by atoms with Crippen LogP contribution in [-0.2, 0) is 19.9 Å². The molecular weight excluding hydrogens is 382 g/mol. The maximum Gasteiger partial charge on any atom is 0.254 e. The van der Waals surface area contributed by atoms with Gasteiger partial charge in [-0.1, -0.05) is 36.7 Å². The zero-order valence-corrected chi connectivity index (χ0v) is 16.4. The Morgan fingerprint density at radius 3 is 2.71 bits per heavy atom. The highest BCUT2D eigenvalue weighted by Gasteiger charge is 2.49. The second kappa shape index (κ2) is 8.60. The van der Waals surface area contributed by atoms with Crippen molar-refractivity contribution in [2.45, 2.75) is 18.9 Å². The summed E-state index contributed by atoms with van der Waals surface area (Å²) >= 11 is 6.22. The van der Waals surface area contributed by atoms with Gasteiger partial charge in [0, 0.05) is 28.3 Å². The van der Waals surface area contributed by atoms with Crippen LogP contribution in [0.2, 0.25) is 5.02 Å². The predicted molar refractivity (Wildman–Crippen MR) is 106 cm³/mol. The number of carbonyl (C=O) groups excluding carboxylic acids is 2. The summed E-state index contributed by atoms with van der Waals surface area (Å²) in [6.07, 6.45) is 0.371. The Morgan fingerprint density at radius 1 is 1.18 bits per heavy atom. The van der Waals surface area contributed by atoms with Gasteiger partial charge in [-0.15, -0.1) is 0 Å². The molecule has 0 aromatic heterocycles. The summed E-state index contributed by atoms with van der Waals surface area (Å²) in [5, 5.41) is 9.21. The van der Waals surface area contributed by atoms with E-state index in [1.165, 1.54) is 0 Å². The van der Waals surface area contributed by atoms with Gasteiger partial charge in [0.05, 0.1) is 7.11 Å². The van der Waals surface area contributed by atoms with Crippen molar-refractivity contribution in [1.82, 2.24) is 10.6 Å². The van der Waals surface area contributed by atoms with Crippen molar-refractivity contribution in [3.63, 3.8) is 0 Å². The summed E-state index contributed by atoms with van der Waals surface area (Å²) in [4.78, 5) is 24.5. The Balaban J connectivity index is 1.96. The third kappa shape index (κ3) is 3.69. The average Bonchev–Trinajstić information content (AvgIpc) is 2.99. The lowest BCUT2D eigenvalue weighted by molar-refractivity contribution is -0.124. The van der Waals surface area contributed by atoms with E-state index < -0.39 is 5.54 Å². The van der Waals surface area contributed by atoms with Crippen LogP contribution in [0.25, 0.3) is 0 Å². The predicted octanol–water partition coefficient (Wildman–Crippen LogP) is 2.59. The number of rotatable bonds is 8. The molecule has 0 fully saturated rings. The van der Waals surface area contributed by atoms with Crippen LogP contribution in [0.1, 0.15) is 24.5 Å². The van der Waals surface area contributed by atoms with E-state index in [9.17, 15) is 9.59 Å². The molecule has 0 aliphatic carbocycles. The monoisotopic (exact) mass is 403 g/mol. The Bertz CT molecular complexity index is 890. The quantitative estimate of drug-likeness (QED) is 0.465. The van der Waals surface area contributed by atoms with E-state index in [-0.39, 0.29) is 25.3 Å². The first-order valence-corrected chi connectivity index (χ1v) is 9.25. The van der Waals surface area contributed by atoms with Crippen LogP contribution in [0.3, 0.4) is 0 Å². The van der Waals surface area contributed by atoms with Crippen LogP contribution in [0.4, 0.5) is 5.69 Å². The molecule has 2 aromatic rings. The van der Waals surface area contributed by atoms with Crippen molar-refractivity contribution in [2.75, 3.05) is 25.9 Å². The van der Waals surface area contributed by atoms with Gasteiger partial charge in [-0.3, -0.25) is 14.9 Å². The highest BCUT2D eigenvalue weighted by molar-refractivity contribution is 6.31. The molecule has 0 spiro atoms. The number of benzene rings is 2. The fourth-order valence-corrected chi connectivity index (χ4v) is 3.41. The van der Waals surface area contributed by atoms with Crippen LogP contribution >= 0.6 is 11.6 Å². The number of fused-ring (bicyclic) bond motifs is 1. The summed E-state index contributed by atoms with van der Waals surface area (Å²) in [5.74, 6) is 0.169. The molecule has 1 heterocycles. The smallest absolute Gasteiger partial charge is 0.254 e. The molecule has 2 amide bonds. The lowest BCUT2D eigenvalue weighted by Crippen LogP contribution is -2.50. The summed E-state index contributed by atoms with van der Waals surface area (Å²) < 4.78 is 11.0. The number of methoxy groups -OCH3 is 1. The van der Waals surface area contributed by atoms with E-state index in [1.807, 2.05) is 18.2 Å². The summed E-state index contributed by atoms with van der Waals surface area (Å²) in [7, 11) is 1.55. The summed E-state index contributed by atoms with van der Waals surface area (Å²) in [6.45, 7) is 1.81. The molecule has 0 saturated heterocycles. The van der Waals surface area contributed by atoms with Gasteiger partial charge in [0.25, 0.3) is 5.91 Å². The molecule has 3 rings (SSSR count). The third-order valence-electron chi connectivity index (χ3n) is 4.62. The molecule has 7 nitrogen and oxygen atoms in total. The maximum absolute atomic E-state index is 13.2. The minimum atomic E-state index is -1.25. The molecular formula is C20H22ClN3O4. The van der Waals surface area contributed by atoms with Crippen molar-refractivity contribution in [2.24, 2.45) is 0 Å². The Hall–Kier alpha value is -2.61. The lowest BCUT2D eigenvalue weighted by atomic mass is 9.83. The Kier molecular flexibility index (Phi) is 6.18. The van der Waals surface area contributed by atoms with Crippen LogP contribution < -0.4 is 20.7 Å². The molecule has 0 bridgehead atoms. The maximum atomic E-state index is 13.2. The number of hydrogen-bond donors (Lipinski definition) is 3. The number of amides is 2. The number of anilines is 1. The van der Waals surface area contributed by atoms with Gasteiger partial charge in [-0.05, 0) is 24.3 Å². The fourth-order valence-electron chi connectivity index (χ4n) is 3.23. The average molecular weight is 404 g/mol. The zero-order chi connectivity index (χ0) is 20.1. The van der Waals surface area contributed by atoms with Gasteiger partial charge in [0.2, 0.25) is 5.91 Å². The highest BCUT2D eigenvalue weighted by Crippen LogP contribution is 2.44. The van der Waals surface area contributed by atoms with Gasteiger partial charge < -0.3 is 20.1 Å². The number of ether oxygens (including phenoxy) is 2. The second-order valence-corrected chi connectivity index (χ2v) is 6.65. The van der Waals surface area contributed by atoms with Crippen molar-refractivity contribution < 1.29 is 19.1 Å². The van der Waals surface area contributed by atoms with Gasteiger partial charge in [-0.25, -0.2) is 0 Å². The van der Waals surface area contributed by atoms with Crippen LogP contribution in [-0.4, -0.2) is 32.4 Å². The van der Waals surface area contributed by atoms with Crippen molar-refractivity contribution >= 4 is 29.1 Å². The molecule has 3 N–H and O–H groups in total. The number of para-hydroxylation sites is 1.